The van der Waals surface area contributed by atoms with Gasteiger partial charge >= 0.3 is 0 Å². The Morgan fingerprint density at radius 1 is 1.21 bits per heavy atom. The minimum absolute atomic E-state index is 0.0223. The van der Waals surface area contributed by atoms with E-state index in [1.807, 2.05) is 6.92 Å². The van der Waals surface area contributed by atoms with Gasteiger partial charge in [0.25, 0.3) is 17.7 Å². The van der Waals surface area contributed by atoms with Crippen molar-refractivity contribution < 1.29 is 33.4 Å². The van der Waals surface area contributed by atoms with E-state index in [-0.39, 0.29) is 30.4 Å². The third-order valence-corrected chi connectivity index (χ3v) is 6.90. The SMILES string of the molecule is C[C@H]1COCCN1C(=O)c1cc(N2CCO[C@H]([C@@H](O)C(=O)Nc3ccc4c(c3)CNC4=N)C2=O)ccc1F. The topological polar surface area (TPSA) is 144 Å². The number of aliphatic hydroxyl groups is 1. The van der Waals surface area contributed by atoms with Crippen LogP contribution in [0.5, 0.6) is 0 Å². The predicted molar refractivity (Wildman–Crippen MR) is 135 cm³/mol. The fourth-order valence-electron chi connectivity index (χ4n) is 4.81. The average Bonchev–Trinajstić information content (AvgIpc) is 3.28. The Bertz CT molecular complexity index is 1300. The van der Waals surface area contributed by atoms with Gasteiger partial charge in [0.15, 0.2) is 12.2 Å². The molecule has 3 amide bonds. The fourth-order valence-corrected chi connectivity index (χ4v) is 4.81. The van der Waals surface area contributed by atoms with Crippen LogP contribution in [-0.4, -0.2) is 84.7 Å². The number of carbonyl (C=O) groups is 3. The molecule has 0 unspecified atom stereocenters. The van der Waals surface area contributed by atoms with E-state index in [4.69, 9.17) is 14.9 Å². The number of amidine groups is 1. The summed E-state index contributed by atoms with van der Waals surface area (Å²) in [5, 5.41) is 24.0. The molecule has 3 aliphatic rings. The number of amides is 3. The molecule has 4 N–H and O–H groups in total. The van der Waals surface area contributed by atoms with E-state index in [0.717, 1.165) is 17.2 Å². The zero-order valence-corrected chi connectivity index (χ0v) is 20.7. The summed E-state index contributed by atoms with van der Waals surface area (Å²) in [5.74, 6) is -2.44. The third-order valence-electron chi connectivity index (χ3n) is 6.90. The van der Waals surface area contributed by atoms with Gasteiger partial charge < -0.3 is 35.0 Å². The lowest BCUT2D eigenvalue weighted by Gasteiger charge is -2.35. The molecular formula is C26H28FN5O6. The highest BCUT2D eigenvalue weighted by Gasteiger charge is 2.40. The number of hydrogen-bond donors (Lipinski definition) is 4. The molecule has 5 rings (SSSR count). The van der Waals surface area contributed by atoms with Crippen molar-refractivity contribution in [1.82, 2.24) is 10.2 Å². The summed E-state index contributed by atoms with van der Waals surface area (Å²) in [6.45, 7) is 3.41. The van der Waals surface area contributed by atoms with Gasteiger partial charge in [0.2, 0.25) is 0 Å². The second kappa shape index (κ2) is 10.5. The molecule has 0 spiro atoms. The van der Waals surface area contributed by atoms with Crippen LogP contribution in [0.3, 0.4) is 0 Å². The molecule has 2 saturated heterocycles. The van der Waals surface area contributed by atoms with E-state index in [1.165, 1.54) is 21.9 Å². The number of nitrogens with zero attached hydrogens (tertiary/aromatic N) is 2. The highest BCUT2D eigenvalue weighted by atomic mass is 19.1. The number of ether oxygens (including phenoxy) is 2. The Morgan fingerprint density at radius 2 is 2.03 bits per heavy atom. The first-order valence-electron chi connectivity index (χ1n) is 12.3. The van der Waals surface area contributed by atoms with Crippen LogP contribution in [0.2, 0.25) is 0 Å². The number of carbonyl (C=O) groups excluding carboxylic acids is 3. The molecule has 3 aliphatic heterocycles. The molecule has 2 aromatic carbocycles. The average molecular weight is 526 g/mol. The maximum absolute atomic E-state index is 14.7. The molecule has 0 aromatic heterocycles. The van der Waals surface area contributed by atoms with Gasteiger partial charge in [0, 0.05) is 36.6 Å². The summed E-state index contributed by atoms with van der Waals surface area (Å²) in [7, 11) is 0. The molecule has 0 radical (unpaired) electrons. The zero-order chi connectivity index (χ0) is 27.0. The maximum atomic E-state index is 14.7. The molecular weight excluding hydrogens is 497 g/mol. The van der Waals surface area contributed by atoms with Crippen LogP contribution >= 0.6 is 0 Å². The Kier molecular flexibility index (Phi) is 7.11. The Hall–Kier alpha value is -3.87. The van der Waals surface area contributed by atoms with E-state index in [9.17, 15) is 23.9 Å². The summed E-state index contributed by atoms with van der Waals surface area (Å²) < 4.78 is 25.5. The molecule has 2 aromatic rings. The number of anilines is 2. The van der Waals surface area contributed by atoms with Crippen molar-refractivity contribution in [3.05, 3.63) is 58.9 Å². The van der Waals surface area contributed by atoms with Gasteiger partial charge in [-0.2, -0.15) is 0 Å². The molecule has 0 saturated carbocycles. The van der Waals surface area contributed by atoms with Gasteiger partial charge in [-0.25, -0.2) is 4.39 Å². The molecule has 3 atom stereocenters. The van der Waals surface area contributed by atoms with Gasteiger partial charge in [0.05, 0.1) is 31.4 Å². The first-order chi connectivity index (χ1) is 18.2. The van der Waals surface area contributed by atoms with Crippen molar-refractivity contribution in [2.75, 3.05) is 43.1 Å². The molecule has 38 heavy (non-hydrogen) atoms. The van der Waals surface area contributed by atoms with Crippen molar-refractivity contribution in [1.29, 1.82) is 5.41 Å². The molecule has 12 heteroatoms. The highest BCUT2D eigenvalue weighted by Crippen LogP contribution is 2.26. The number of rotatable bonds is 5. The van der Waals surface area contributed by atoms with Crippen molar-refractivity contribution >= 4 is 34.9 Å². The number of nitrogens with one attached hydrogen (secondary N) is 3. The monoisotopic (exact) mass is 525 g/mol. The number of morpholine rings is 2. The fraction of sp³-hybridized carbons (Fsp3) is 0.385. The van der Waals surface area contributed by atoms with Gasteiger partial charge in [-0.3, -0.25) is 19.8 Å². The quantitative estimate of drug-likeness (QED) is 0.453. The molecule has 3 heterocycles. The third kappa shape index (κ3) is 4.85. The zero-order valence-electron chi connectivity index (χ0n) is 20.7. The van der Waals surface area contributed by atoms with Crippen LogP contribution in [0.15, 0.2) is 36.4 Å². The van der Waals surface area contributed by atoms with E-state index in [0.29, 0.717) is 37.8 Å². The second-order valence-corrected chi connectivity index (χ2v) is 9.40. The molecule has 0 bridgehead atoms. The van der Waals surface area contributed by atoms with Gasteiger partial charge in [-0.15, -0.1) is 0 Å². The van der Waals surface area contributed by atoms with Gasteiger partial charge in [-0.05, 0) is 48.9 Å². The predicted octanol–water partition coefficient (Wildman–Crippen LogP) is 0.847. The second-order valence-electron chi connectivity index (χ2n) is 9.40. The number of aliphatic hydroxyl groups excluding tert-OH is 1. The number of fused-ring (bicyclic) bond motifs is 1. The van der Waals surface area contributed by atoms with Crippen molar-refractivity contribution in [3.8, 4) is 0 Å². The molecule has 0 aliphatic carbocycles. The Balaban J connectivity index is 1.30. The van der Waals surface area contributed by atoms with Crippen molar-refractivity contribution in [2.24, 2.45) is 0 Å². The van der Waals surface area contributed by atoms with E-state index in [1.54, 1.807) is 18.2 Å². The standard InChI is InChI=1S/C26H28FN5O6/c1-14-13-37-8-6-31(14)25(35)19-11-17(3-5-20(19)27)32-7-9-38-22(26(32)36)21(33)24(34)30-16-2-4-18-15(10-16)12-29-23(18)28/h2-5,10-11,14,21-22,33H,6-9,12-13H2,1H3,(H2,28,29)(H,30,34)/t14-,21+,22+/m0/s1. The van der Waals surface area contributed by atoms with Crippen LogP contribution in [0.25, 0.3) is 0 Å². The van der Waals surface area contributed by atoms with Gasteiger partial charge in [-0.1, -0.05) is 0 Å². The Morgan fingerprint density at radius 3 is 2.82 bits per heavy atom. The number of hydrogen-bond acceptors (Lipinski definition) is 7. The summed E-state index contributed by atoms with van der Waals surface area (Å²) in [6.07, 6.45) is -3.30. The van der Waals surface area contributed by atoms with Crippen LogP contribution in [0.1, 0.15) is 28.4 Å². The first-order valence-corrected chi connectivity index (χ1v) is 12.3. The Labute approximate surface area is 218 Å². The van der Waals surface area contributed by atoms with Crippen molar-refractivity contribution in [3.63, 3.8) is 0 Å². The number of benzene rings is 2. The lowest BCUT2D eigenvalue weighted by Crippen LogP contribution is -2.55. The highest BCUT2D eigenvalue weighted by molar-refractivity contribution is 6.05. The summed E-state index contributed by atoms with van der Waals surface area (Å²) in [5.41, 5.74) is 2.04. The largest absolute Gasteiger partial charge is 0.380 e. The maximum Gasteiger partial charge on any atom is 0.259 e. The number of halogens is 1. The molecule has 200 valence electrons. The van der Waals surface area contributed by atoms with Crippen LogP contribution in [0, 0.1) is 11.2 Å². The van der Waals surface area contributed by atoms with Crippen LogP contribution in [0.4, 0.5) is 15.8 Å². The lowest BCUT2D eigenvalue weighted by molar-refractivity contribution is -0.150. The smallest absolute Gasteiger partial charge is 0.259 e. The normalized spacial score (nSPS) is 22.1. The molecule has 11 nitrogen and oxygen atoms in total. The first kappa shape index (κ1) is 25.8. The lowest BCUT2D eigenvalue weighted by atomic mass is 10.1. The van der Waals surface area contributed by atoms with E-state index in [2.05, 4.69) is 10.6 Å². The van der Waals surface area contributed by atoms with Crippen molar-refractivity contribution in [2.45, 2.75) is 31.7 Å². The van der Waals surface area contributed by atoms with Crippen LogP contribution in [-0.2, 0) is 25.6 Å². The minimum atomic E-state index is -1.81. The molecule has 2 fully saturated rings. The van der Waals surface area contributed by atoms with Crippen LogP contribution < -0.4 is 15.5 Å². The van der Waals surface area contributed by atoms with Gasteiger partial charge in [0.1, 0.15) is 11.7 Å². The summed E-state index contributed by atoms with van der Waals surface area (Å²) in [4.78, 5) is 41.9. The summed E-state index contributed by atoms with van der Waals surface area (Å²) >= 11 is 0. The summed E-state index contributed by atoms with van der Waals surface area (Å²) in [6, 6.07) is 8.56. The minimum Gasteiger partial charge on any atom is -0.380 e. The van der Waals surface area contributed by atoms with E-state index < -0.39 is 35.7 Å². The van der Waals surface area contributed by atoms with E-state index >= 15 is 0 Å².